The summed E-state index contributed by atoms with van der Waals surface area (Å²) in [6.07, 6.45) is 3.13. The minimum atomic E-state index is 0.390. The monoisotopic (exact) mass is 312 g/mol. The predicted octanol–water partition coefficient (Wildman–Crippen LogP) is 3.61. The van der Waals surface area contributed by atoms with Gasteiger partial charge in [0, 0.05) is 4.47 Å². The number of hydrogen-bond donors (Lipinski definition) is 0. The Balaban J connectivity index is 1.83. The van der Waals surface area contributed by atoms with Crippen molar-refractivity contribution in [1.82, 2.24) is 9.97 Å². The second kappa shape index (κ2) is 6.10. The van der Waals surface area contributed by atoms with Gasteiger partial charge in [-0.2, -0.15) is 0 Å². The molecule has 0 bridgehead atoms. The van der Waals surface area contributed by atoms with Gasteiger partial charge in [-0.25, -0.2) is 4.98 Å². The van der Waals surface area contributed by atoms with Crippen LogP contribution < -0.4 is 0 Å². The van der Waals surface area contributed by atoms with Crippen LogP contribution in [0.4, 0.5) is 0 Å². The van der Waals surface area contributed by atoms with E-state index in [4.69, 9.17) is 16.3 Å². The summed E-state index contributed by atoms with van der Waals surface area (Å²) in [7, 11) is 0. The molecule has 0 N–H and O–H groups in total. The van der Waals surface area contributed by atoms with E-state index in [9.17, 15) is 0 Å². The van der Waals surface area contributed by atoms with Crippen LogP contribution in [0.3, 0.4) is 0 Å². The molecule has 0 atom stereocenters. The minimum Gasteiger partial charge on any atom is -0.370 e. The van der Waals surface area contributed by atoms with E-state index in [1.54, 1.807) is 6.20 Å². The summed E-state index contributed by atoms with van der Waals surface area (Å²) in [6.45, 7) is 0.984. The van der Waals surface area contributed by atoms with Crippen molar-refractivity contribution in [2.45, 2.75) is 13.2 Å². The molecule has 1 aromatic carbocycles. The maximum Gasteiger partial charge on any atom is 0.147 e. The normalized spacial score (nSPS) is 10.5. The molecular formula is C12H10BrClN2O. The second-order valence-corrected chi connectivity index (χ2v) is 4.75. The standard InChI is InChI=1S/C12H10BrClN2O/c13-10-3-1-9(2-4-10)7-17-8-11-5-16-12(14)6-15-11/h1-6H,7-8H2. The van der Waals surface area contributed by atoms with E-state index in [0.717, 1.165) is 15.7 Å². The van der Waals surface area contributed by atoms with Gasteiger partial charge in [-0.15, -0.1) is 0 Å². The zero-order valence-electron chi connectivity index (χ0n) is 8.94. The lowest BCUT2D eigenvalue weighted by Gasteiger charge is -2.04. The van der Waals surface area contributed by atoms with Crippen LogP contribution in [0.5, 0.6) is 0 Å². The van der Waals surface area contributed by atoms with Crippen LogP contribution >= 0.6 is 27.5 Å². The molecule has 0 aliphatic heterocycles. The van der Waals surface area contributed by atoms with Crippen LogP contribution in [0.25, 0.3) is 0 Å². The summed E-state index contributed by atoms with van der Waals surface area (Å²) >= 11 is 9.02. The zero-order chi connectivity index (χ0) is 12.1. The Morgan fingerprint density at radius 2 is 1.82 bits per heavy atom. The predicted molar refractivity (Wildman–Crippen MR) is 69.7 cm³/mol. The average Bonchev–Trinajstić information content (AvgIpc) is 2.34. The van der Waals surface area contributed by atoms with E-state index in [-0.39, 0.29) is 0 Å². The highest BCUT2D eigenvalue weighted by Crippen LogP contribution is 2.11. The molecule has 0 aliphatic carbocycles. The summed E-state index contributed by atoms with van der Waals surface area (Å²) in [5.74, 6) is 0. The van der Waals surface area contributed by atoms with Crippen molar-refractivity contribution < 1.29 is 4.74 Å². The van der Waals surface area contributed by atoms with E-state index in [1.807, 2.05) is 24.3 Å². The first-order valence-corrected chi connectivity index (χ1v) is 6.20. The molecule has 1 heterocycles. The van der Waals surface area contributed by atoms with Gasteiger partial charge in [-0.3, -0.25) is 4.98 Å². The van der Waals surface area contributed by atoms with Crippen molar-refractivity contribution in [2.24, 2.45) is 0 Å². The summed E-state index contributed by atoms with van der Waals surface area (Å²) in [4.78, 5) is 8.03. The summed E-state index contributed by atoms with van der Waals surface area (Å²) < 4.78 is 6.58. The van der Waals surface area contributed by atoms with Gasteiger partial charge in [-0.1, -0.05) is 39.7 Å². The molecule has 0 amide bonds. The smallest absolute Gasteiger partial charge is 0.147 e. The van der Waals surface area contributed by atoms with Gasteiger partial charge in [0.2, 0.25) is 0 Å². The number of benzene rings is 1. The number of ether oxygens (including phenoxy) is 1. The SMILES string of the molecule is Clc1cnc(COCc2ccc(Br)cc2)cn1. The van der Waals surface area contributed by atoms with E-state index in [2.05, 4.69) is 25.9 Å². The first kappa shape index (κ1) is 12.5. The molecular weight excluding hydrogens is 304 g/mol. The van der Waals surface area contributed by atoms with Crippen LogP contribution in [-0.4, -0.2) is 9.97 Å². The molecule has 2 rings (SSSR count). The van der Waals surface area contributed by atoms with Gasteiger partial charge in [0.05, 0.1) is 31.3 Å². The van der Waals surface area contributed by atoms with Crippen molar-refractivity contribution in [2.75, 3.05) is 0 Å². The van der Waals surface area contributed by atoms with Crippen LogP contribution in [0.15, 0.2) is 41.1 Å². The van der Waals surface area contributed by atoms with Gasteiger partial charge in [0.25, 0.3) is 0 Å². The Morgan fingerprint density at radius 3 is 2.47 bits per heavy atom. The maximum absolute atomic E-state index is 5.64. The topological polar surface area (TPSA) is 35.0 Å². The molecule has 0 radical (unpaired) electrons. The van der Waals surface area contributed by atoms with Crippen LogP contribution in [0.1, 0.15) is 11.3 Å². The lowest BCUT2D eigenvalue weighted by Crippen LogP contribution is -1.97. The average molecular weight is 314 g/mol. The highest BCUT2D eigenvalue weighted by Gasteiger charge is 1.97. The number of halogens is 2. The summed E-state index contributed by atoms with van der Waals surface area (Å²) in [5.41, 5.74) is 1.89. The van der Waals surface area contributed by atoms with Gasteiger partial charge in [0.15, 0.2) is 0 Å². The lowest BCUT2D eigenvalue weighted by molar-refractivity contribution is 0.104. The van der Waals surface area contributed by atoms with Gasteiger partial charge < -0.3 is 4.74 Å². The molecule has 0 saturated heterocycles. The van der Waals surface area contributed by atoms with E-state index >= 15 is 0 Å². The van der Waals surface area contributed by atoms with Crippen molar-refractivity contribution >= 4 is 27.5 Å². The van der Waals surface area contributed by atoms with Gasteiger partial charge in [0.1, 0.15) is 5.15 Å². The largest absolute Gasteiger partial charge is 0.370 e. The second-order valence-electron chi connectivity index (χ2n) is 3.45. The molecule has 5 heteroatoms. The highest BCUT2D eigenvalue weighted by atomic mass is 79.9. The van der Waals surface area contributed by atoms with Crippen LogP contribution in [-0.2, 0) is 18.0 Å². The van der Waals surface area contributed by atoms with E-state index in [1.165, 1.54) is 6.20 Å². The van der Waals surface area contributed by atoms with Crippen molar-refractivity contribution in [3.05, 3.63) is 57.5 Å². The number of aromatic nitrogens is 2. The minimum absolute atomic E-state index is 0.390. The maximum atomic E-state index is 5.64. The van der Waals surface area contributed by atoms with Crippen molar-refractivity contribution in [3.8, 4) is 0 Å². The molecule has 0 unspecified atom stereocenters. The Morgan fingerprint density at radius 1 is 1.06 bits per heavy atom. The van der Waals surface area contributed by atoms with E-state index < -0.39 is 0 Å². The van der Waals surface area contributed by atoms with Crippen molar-refractivity contribution in [1.29, 1.82) is 0 Å². The first-order chi connectivity index (χ1) is 8.24. The third-order valence-corrected chi connectivity index (χ3v) is 2.83. The lowest BCUT2D eigenvalue weighted by atomic mass is 10.2. The fourth-order valence-electron chi connectivity index (χ4n) is 1.27. The molecule has 0 aliphatic rings. The third kappa shape index (κ3) is 4.07. The molecule has 3 nitrogen and oxygen atoms in total. The quantitative estimate of drug-likeness (QED) is 0.865. The fourth-order valence-corrected chi connectivity index (χ4v) is 1.63. The first-order valence-electron chi connectivity index (χ1n) is 5.02. The molecule has 0 saturated carbocycles. The Kier molecular flexibility index (Phi) is 4.48. The molecule has 0 fully saturated rings. The molecule has 1 aromatic heterocycles. The summed E-state index contributed by atoms with van der Waals surface area (Å²) in [6, 6.07) is 8.00. The Labute approximate surface area is 113 Å². The molecule has 0 spiro atoms. The molecule has 17 heavy (non-hydrogen) atoms. The zero-order valence-corrected chi connectivity index (χ0v) is 11.3. The Bertz CT molecular complexity index is 427. The summed E-state index contributed by atoms with van der Waals surface area (Å²) in [5, 5.41) is 0.390. The third-order valence-electron chi connectivity index (χ3n) is 2.11. The van der Waals surface area contributed by atoms with Crippen LogP contribution in [0, 0.1) is 0 Å². The number of nitrogens with zero attached hydrogens (tertiary/aromatic N) is 2. The number of rotatable bonds is 4. The van der Waals surface area contributed by atoms with E-state index in [0.29, 0.717) is 18.4 Å². The fraction of sp³-hybridized carbons (Fsp3) is 0.167. The van der Waals surface area contributed by atoms with Gasteiger partial charge in [-0.05, 0) is 17.7 Å². The van der Waals surface area contributed by atoms with Crippen LogP contribution in [0.2, 0.25) is 5.15 Å². The number of hydrogen-bond acceptors (Lipinski definition) is 3. The molecule has 88 valence electrons. The Hall–Kier alpha value is -0.970. The van der Waals surface area contributed by atoms with Gasteiger partial charge >= 0.3 is 0 Å². The van der Waals surface area contributed by atoms with Crippen molar-refractivity contribution in [3.63, 3.8) is 0 Å². The molecule has 2 aromatic rings. The highest BCUT2D eigenvalue weighted by molar-refractivity contribution is 9.10.